The van der Waals surface area contributed by atoms with E-state index in [4.69, 9.17) is 4.74 Å². The highest BCUT2D eigenvalue weighted by Gasteiger charge is 2.19. The van der Waals surface area contributed by atoms with E-state index < -0.39 is 5.97 Å². The number of carbonyl (C=O) groups is 2. The highest BCUT2D eigenvalue weighted by molar-refractivity contribution is 6.15. The lowest BCUT2D eigenvalue weighted by Gasteiger charge is -2.17. The number of aryl methyl sites for hydroxylation is 1. The smallest absolute Gasteiger partial charge is 0.357 e. The molecular formula is C18H23N5O3. The molecule has 2 rings (SSSR count). The predicted octanol–water partition coefficient (Wildman–Crippen LogP) is 1.68. The maximum absolute atomic E-state index is 12.5. The molecule has 0 fully saturated rings. The van der Waals surface area contributed by atoms with Crippen molar-refractivity contribution in [2.45, 2.75) is 33.7 Å². The Balaban J connectivity index is 2.13. The van der Waals surface area contributed by atoms with Crippen LogP contribution >= 0.6 is 0 Å². The normalized spacial score (nSPS) is 12.7. The number of aromatic nitrogens is 4. The van der Waals surface area contributed by atoms with Gasteiger partial charge < -0.3 is 10.1 Å². The van der Waals surface area contributed by atoms with Crippen LogP contribution in [0.2, 0.25) is 0 Å². The minimum absolute atomic E-state index is 0.0118. The molecule has 2 aromatic rings. The number of tetrazole rings is 1. The molecule has 1 amide bonds. The van der Waals surface area contributed by atoms with Crippen molar-refractivity contribution < 1.29 is 14.3 Å². The second-order valence-corrected chi connectivity index (χ2v) is 6.25. The molecule has 0 aliphatic carbocycles. The van der Waals surface area contributed by atoms with Crippen LogP contribution in [0.25, 0.3) is 11.8 Å². The monoisotopic (exact) mass is 357 g/mol. The summed E-state index contributed by atoms with van der Waals surface area (Å²) in [5.74, 6) is -0.322. The number of rotatable bonds is 7. The lowest BCUT2D eigenvalue weighted by atomic mass is 10.1. The van der Waals surface area contributed by atoms with Gasteiger partial charge in [-0.1, -0.05) is 44.2 Å². The van der Waals surface area contributed by atoms with E-state index in [9.17, 15) is 9.59 Å². The van der Waals surface area contributed by atoms with Crippen LogP contribution in [0.5, 0.6) is 0 Å². The Labute approximate surface area is 152 Å². The Bertz CT molecular complexity index is 783. The van der Waals surface area contributed by atoms with E-state index >= 15 is 0 Å². The number of benzene rings is 1. The van der Waals surface area contributed by atoms with Crippen LogP contribution in [0.1, 0.15) is 32.2 Å². The fourth-order valence-electron chi connectivity index (χ4n) is 2.04. The molecular weight excluding hydrogens is 334 g/mol. The van der Waals surface area contributed by atoms with Crippen molar-refractivity contribution in [1.82, 2.24) is 25.5 Å². The van der Waals surface area contributed by atoms with E-state index in [1.54, 1.807) is 13.0 Å². The van der Waals surface area contributed by atoms with E-state index in [1.165, 1.54) is 4.68 Å². The zero-order chi connectivity index (χ0) is 19.1. The molecule has 26 heavy (non-hydrogen) atoms. The van der Waals surface area contributed by atoms with Crippen molar-refractivity contribution >= 4 is 23.6 Å². The van der Waals surface area contributed by atoms with E-state index in [0.717, 1.165) is 5.56 Å². The van der Waals surface area contributed by atoms with Crippen LogP contribution < -0.4 is 5.32 Å². The van der Waals surface area contributed by atoms with Crippen LogP contribution in [0.4, 0.5) is 0 Å². The first-order valence-electron chi connectivity index (χ1n) is 8.37. The molecule has 0 saturated heterocycles. The van der Waals surface area contributed by atoms with Crippen LogP contribution in [0.15, 0.2) is 30.3 Å². The number of ether oxygens (including phenoxy) is 1. The summed E-state index contributed by atoms with van der Waals surface area (Å²) in [7, 11) is 0. The van der Waals surface area contributed by atoms with Gasteiger partial charge in [-0.05, 0) is 41.8 Å². The third-order valence-corrected chi connectivity index (χ3v) is 3.89. The lowest BCUT2D eigenvalue weighted by Crippen LogP contribution is -2.38. The van der Waals surface area contributed by atoms with Gasteiger partial charge in [0.1, 0.15) is 0 Å². The molecule has 8 heteroatoms. The number of carbonyl (C=O) groups excluding carboxylic acids is 2. The summed E-state index contributed by atoms with van der Waals surface area (Å²) in [5, 5.41) is 13.9. The Hall–Kier alpha value is -3.03. The van der Waals surface area contributed by atoms with Crippen LogP contribution in [-0.2, 0) is 14.3 Å². The van der Waals surface area contributed by atoms with E-state index in [0.29, 0.717) is 5.82 Å². The molecule has 1 N–H and O–H groups in total. The van der Waals surface area contributed by atoms with Gasteiger partial charge in [-0.3, -0.25) is 4.79 Å². The first-order valence-corrected chi connectivity index (χ1v) is 8.37. The quantitative estimate of drug-likeness (QED) is 0.598. The van der Waals surface area contributed by atoms with Crippen molar-refractivity contribution in [1.29, 1.82) is 0 Å². The highest BCUT2D eigenvalue weighted by Crippen LogP contribution is 2.13. The summed E-state index contributed by atoms with van der Waals surface area (Å²) in [6.07, 6.45) is 1.61. The van der Waals surface area contributed by atoms with Crippen molar-refractivity contribution in [2.24, 2.45) is 5.92 Å². The zero-order valence-electron chi connectivity index (χ0n) is 15.3. The Kier molecular flexibility index (Phi) is 6.60. The summed E-state index contributed by atoms with van der Waals surface area (Å²) in [6, 6.07) is 9.23. The third-order valence-electron chi connectivity index (χ3n) is 3.89. The second kappa shape index (κ2) is 8.89. The number of nitrogens with zero attached hydrogens (tertiary/aromatic N) is 4. The Morgan fingerprint density at radius 1 is 1.23 bits per heavy atom. The number of hydrogen-bond donors (Lipinski definition) is 1. The number of amides is 1. The molecule has 0 radical (unpaired) electrons. The van der Waals surface area contributed by atoms with Crippen molar-refractivity contribution in [3.8, 4) is 0 Å². The minimum atomic E-state index is -0.684. The topological polar surface area (TPSA) is 99.0 Å². The summed E-state index contributed by atoms with van der Waals surface area (Å²) < 4.78 is 6.44. The molecule has 1 aromatic heterocycles. The van der Waals surface area contributed by atoms with Gasteiger partial charge in [0, 0.05) is 6.04 Å². The van der Waals surface area contributed by atoms with Gasteiger partial charge in [0.2, 0.25) is 0 Å². The van der Waals surface area contributed by atoms with Crippen molar-refractivity contribution in [3.05, 3.63) is 41.7 Å². The van der Waals surface area contributed by atoms with Crippen molar-refractivity contribution in [3.63, 3.8) is 0 Å². The largest absolute Gasteiger partial charge is 0.451 e. The molecule has 1 atom stereocenters. The molecule has 1 heterocycles. The summed E-state index contributed by atoms with van der Waals surface area (Å²) >= 11 is 0. The van der Waals surface area contributed by atoms with Gasteiger partial charge in [0.15, 0.2) is 18.1 Å². The Morgan fingerprint density at radius 2 is 1.92 bits per heavy atom. The molecule has 138 valence electrons. The van der Waals surface area contributed by atoms with Gasteiger partial charge in [-0.15, -0.1) is 5.10 Å². The third kappa shape index (κ3) is 5.23. The average molecular weight is 357 g/mol. The van der Waals surface area contributed by atoms with E-state index in [2.05, 4.69) is 20.8 Å². The van der Waals surface area contributed by atoms with Crippen LogP contribution in [0.3, 0.4) is 0 Å². The summed E-state index contributed by atoms with van der Waals surface area (Å²) in [6.45, 7) is 7.19. The number of nitrogens with one attached hydrogen (secondary N) is 1. The molecule has 0 saturated carbocycles. The van der Waals surface area contributed by atoms with Gasteiger partial charge >= 0.3 is 5.97 Å². The molecule has 0 bridgehead atoms. The summed E-state index contributed by atoms with van der Waals surface area (Å²) in [5.41, 5.74) is 0.913. The van der Waals surface area contributed by atoms with E-state index in [1.807, 2.05) is 51.1 Å². The zero-order valence-corrected chi connectivity index (χ0v) is 15.3. The van der Waals surface area contributed by atoms with Crippen molar-refractivity contribution in [2.75, 3.05) is 6.61 Å². The number of esters is 1. The molecule has 8 nitrogen and oxygen atoms in total. The first kappa shape index (κ1) is 19.3. The average Bonchev–Trinajstić information content (AvgIpc) is 3.04. The van der Waals surface area contributed by atoms with Gasteiger partial charge in [-0.25, -0.2) is 4.79 Å². The van der Waals surface area contributed by atoms with E-state index in [-0.39, 0.29) is 30.2 Å². The molecule has 1 aromatic carbocycles. The van der Waals surface area contributed by atoms with Gasteiger partial charge in [0.05, 0.1) is 0 Å². The SMILES string of the molecule is Cc1nnnn1/C(=C\c1ccccc1)C(=O)OCC(=O)N[C@@H](C)C(C)C. The fraction of sp³-hybridized carbons (Fsp3) is 0.389. The standard InChI is InChI=1S/C18H23N5O3/c1-12(2)13(3)19-17(24)11-26-18(25)16(23-14(4)20-21-22-23)10-15-8-6-5-7-9-15/h5-10,12-13H,11H2,1-4H3,(H,19,24)/b16-10-/t13-/m0/s1. The molecule has 0 unspecified atom stereocenters. The number of hydrogen-bond acceptors (Lipinski definition) is 6. The first-order chi connectivity index (χ1) is 12.4. The molecule has 0 aliphatic rings. The predicted molar refractivity (Wildman–Crippen MR) is 96.6 cm³/mol. The summed E-state index contributed by atoms with van der Waals surface area (Å²) in [4.78, 5) is 24.5. The minimum Gasteiger partial charge on any atom is -0.451 e. The molecule has 0 aliphatic heterocycles. The fourth-order valence-corrected chi connectivity index (χ4v) is 2.04. The Morgan fingerprint density at radius 3 is 2.50 bits per heavy atom. The maximum atomic E-state index is 12.5. The van der Waals surface area contributed by atoms with Crippen LogP contribution in [0, 0.1) is 12.8 Å². The lowest BCUT2D eigenvalue weighted by molar-refractivity contribution is -0.143. The highest BCUT2D eigenvalue weighted by atomic mass is 16.5. The second-order valence-electron chi connectivity index (χ2n) is 6.25. The van der Waals surface area contributed by atoms with Crippen LogP contribution in [-0.4, -0.2) is 44.7 Å². The van der Waals surface area contributed by atoms with Gasteiger partial charge in [-0.2, -0.15) is 4.68 Å². The maximum Gasteiger partial charge on any atom is 0.357 e. The molecule has 0 spiro atoms. The van der Waals surface area contributed by atoms with Gasteiger partial charge in [0.25, 0.3) is 5.91 Å².